The second kappa shape index (κ2) is 7.38. The van der Waals surface area contributed by atoms with E-state index in [9.17, 15) is 8.42 Å². The number of likely N-dealkylation sites (tertiary alicyclic amines) is 2. The number of hydrogen-bond donors (Lipinski definition) is 0. The summed E-state index contributed by atoms with van der Waals surface area (Å²) in [7, 11) is -0.985. The van der Waals surface area contributed by atoms with E-state index < -0.39 is 9.84 Å². The summed E-state index contributed by atoms with van der Waals surface area (Å²) in [6.45, 7) is 5.88. The molecule has 2 saturated heterocycles. The van der Waals surface area contributed by atoms with E-state index in [1.165, 1.54) is 11.1 Å². The molecule has 2 fully saturated rings. The number of benzene rings is 2. The standard InChI is InChI=1S/C22H28N2O2S/c1-17-8-6-7-11-20(17)22-21-16-24(15-18(21)14-23(22)2)12-13-27(25,26)19-9-4-3-5-10-19/h3-11,18,21-22H,12-16H2,1-2H3/t18-,21+,22+/m0/s1. The Morgan fingerprint density at radius 3 is 2.41 bits per heavy atom. The minimum Gasteiger partial charge on any atom is -0.302 e. The molecular formula is C22H28N2O2S. The lowest BCUT2D eigenvalue weighted by molar-refractivity contribution is 0.233. The second-order valence-electron chi connectivity index (χ2n) is 8.06. The van der Waals surface area contributed by atoms with Gasteiger partial charge < -0.3 is 4.90 Å². The van der Waals surface area contributed by atoms with Crippen molar-refractivity contribution in [1.29, 1.82) is 0 Å². The highest BCUT2D eigenvalue weighted by Crippen LogP contribution is 2.44. The summed E-state index contributed by atoms with van der Waals surface area (Å²) in [5, 5.41) is 0. The zero-order chi connectivity index (χ0) is 19.0. The molecule has 2 heterocycles. The molecule has 4 nitrogen and oxygen atoms in total. The van der Waals surface area contributed by atoms with E-state index in [2.05, 4.69) is 48.0 Å². The first-order valence-corrected chi connectivity index (χ1v) is 11.4. The quantitative estimate of drug-likeness (QED) is 0.795. The van der Waals surface area contributed by atoms with Crippen molar-refractivity contribution in [3.8, 4) is 0 Å². The Kier molecular flexibility index (Phi) is 5.10. The number of nitrogens with zero attached hydrogens (tertiary/aromatic N) is 2. The van der Waals surface area contributed by atoms with Gasteiger partial charge in [-0.2, -0.15) is 0 Å². The Morgan fingerprint density at radius 1 is 0.963 bits per heavy atom. The Balaban J connectivity index is 1.44. The third-order valence-corrected chi connectivity index (χ3v) is 7.97. The highest BCUT2D eigenvalue weighted by molar-refractivity contribution is 7.91. The summed E-state index contributed by atoms with van der Waals surface area (Å²) >= 11 is 0. The van der Waals surface area contributed by atoms with Crippen LogP contribution < -0.4 is 0 Å². The van der Waals surface area contributed by atoms with Crippen molar-refractivity contribution in [2.45, 2.75) is 17.9 Å². The van der Waals surface area contributed by atoms with E-state index >= 15 is 0 Å². The third kappa shape index (κ3) is 3.68. The normalized spacial score (nSPS) is 26.4. The van der Waals surface area contributed by atoms with E-state index in [1.54, 1.807) is 24.3 Å². The molecule has 0 bridgehead atoms. The first-order valence-electron chi connectivity index (χ1n) is 9.71. The van der Waals surface area contributed by atoms with Crippen LogP contribution >= 0.6 is 0 Å². The number of rotatable bonds is 5. The second-order valence-corrected chi connectivity index (χ2v) is 10.2. The summed E-state index contributed by atoms with van der Waals surface area (Å²) < 4.78 is 25.2. The van der Waals surface area contributed by atoms with Crippen LogP contribution in [0.4, 0.5) is 0 Å². The molecular weight excluding hydrogens is 356 g/mol. The van der Waals surface area contributed by atoms with Crippen LogP contribution in [-0.4, -0.2) is 57.2 Å². The van der Waals surface area contributed by atoms with Crippen molar-refractivity contribution in [2.75, 3.05) is 39.0 Å². The molecule has 2 aliphatic rings. The predicted octanol–water partition coefficient (Wildman–Crippen LogP) is 3.00. The van der Waals surface area contributed by atoms with Gasteiger partial charge in [0.05, 0.1) is 10.6 Å². The predicted molar refractivity (Wildman–Crippen MR) is 108 cm³/mol. The summed E-state index contributed by atoms with van der Waals surface area (Å²) in [4.78, 5) is 5.27. The molecule has 0 aromatic heterocycles. The van der Waals surface area contributed by atoms with Gasteiger partial charge in [0.25, 0.3) is 0 Å². The van der Waals surface area contributed by atoms with Crippen molar-refractivity contribution in [1.82, 2.24) is 9.80 Å². The minimum atomic E-state index is -3.21. The van der Waals surface area contributed by atoms with E-state index in [0.717, 1.165) is 19.6 Å². The van der Waals surface area contributed by atoms with Crippen molar-refractivity contribution < 1.29 is 8.42 Å². The number of sulfone groups is 1. The van der Waals surface area contributed by atoms with Gasteiger partial charge in [0.15, 0.2) is 9.84 Å². The van der Waals surface area contributed by atoms with Crippen molar-refractivity contribution in [3.63, 3.8) is 0 Å². The molecule has 0 unspecified atom stereocenters. The van der Waals surface area contributed by atoms with Gasteiger partial charge in [-0.15, -0.1) is 0 Å². The largest absolute Gasteiger partial charge is 0.302 e. The molecule has 0 aliphatic carbocycles. The van der Waals surface area contributed by atoms with Crippen molar-refractivity contribution >= 4 is 9.84 Å². The Labute approximate surface area is 162 Å². The van der Waals surface area contributed by atoms with Crippen LogP contribution in [0.3, 0.4) is 0 Å². The smallest absolute Gasteiger partial charge is 0.179 e. The molecule has 0 amide bonds. The lowest BCUT2D eigenvalue weighted by atomic mass is 9.88. The zero-order valence-corrected chi connectivity index (χ0v) is 16.9. The van der Waals surface area contributed by atoms with Crippen LogP contribution in [0.2, 0.25) is 0 Å². The molecule has 2 aromatic carbocycles. The summed E-state index contributed by atoms with van der Waals surface area (Å²) in [6, 6.07) is 17.9. The third-order valence-electron chi connectivity index (χ3n) is 6.26. The van der Waals surface area contributed by atoms with Crippen LogP contribution in [0.1, 0.15) is 17.2 Å². The van der Waals surface area contributed by atoms with E-state index in [-0.39, 0.29) is 5.75 Å². The van der Waals surface area contributed by atoms with Crippen LogP contribution in [0.5, 0.6) is 0 Å². The maximum atomic E-state index is 12.6. The SMILES string of the molecule is Cc1ccccc1[C@@H]1[C@@H]2CN(CCS(=O)(=O)c3ccccc3)C[C@@H]2CN1C. The van der Waals surface area contributed by atoms with Gasteiger partial charge in [0.1, 0.15) is 0 Å². The topological polar surface area (TPSA) is 40.6 Å². The number of fused-ring (bicyclic) bond motifs is 1. The Morgan fingerprint density at radius 2 is 1.67 bits per heavy atom. The van der Waals surface area contributed by atoms with Crippen molar-refractivity contribution in [2.24, 2.45) is 11.8 Å². The zero-order valence-electron chi connectivity index (χ0n) is 16.1. The maximum Gasteiger partial charge on any atom is 0.179 e. The Bertz CT molecular complexity index is 898. The fourth-order valence-corrected chi connectivity index (χ4v) is 6.22. The fourth-order valence-electron chi connectivity index (χ4n) is 4.91. The highest BCUT2D eigenvalue weighted by atomic mass is 32.2. The molecule has 2 aliphatic heterocycles. The van der Waals surface area contributed by atoms with Gasteiger partial charge in [-0.3, -0.25) is 4.90 Å². The maximum absolute atomic E-state index is 12.6. The van der Waals surface area contributed by atoms with Gasteiger partial charge in [-0.1, -0.05) is 42.5 Å². The monoisotopic (exact) mass is 384 g/mol. The van der Waals surface area contributed by atoms with E-state index in [1.807, 2.05) is 6.07 Å². The fraction of sp³-hybridized carbons (Fsp3) is 0.455. The van der Waals surface area contributed by atoms with Gasteiger partial charge in [-0.05, 0) is 49.1 Å². The lowest BCUT2D eigenvalue weighted by Crippen LogP contribution is -2.32. The van der Waals surface area contributed by atoms with Crippen LogP contribution in [-0.2, 0) is 9.84 Å². The summed E-state index contributed by atoms with van der Waals surface area (Å²) in [6.07, 6.45) is 0. The van der Waals surface area contributed by atoms with E-state index in [4.69, 9.17) is 0 Å². The van der Waals surface area contributed by atoms with Gasteiger partial charge in [-0.25, -0.2) is 8.42 Å². The molecule has 5 heteroatoms. The van der Waals surface area contributed by atoms with Crippen LogP contribution in [0.25, 0.3) is 0 Å². The molecule has 3 atom stereocenters. The van der Waals surface area contributed by atoms with Gasteiger partial charge >= 0.3 is 0 Å². The molecule has 144 valence electrons. The highest BCUT2D eigenvalue weighted by Gasteiger charge is 2.46. The first-order chi connectivity index (χ1) is 13.0. The number of aryl methyl sites for hydroxylation is 1. The first kappa shape index (κ1) is 18.7. The lowest BCUT2D eigenvalue weighted by Gasteiger charge is -2.28. The molecule has 0 saturated carbocycles. The Hall–Kier alpha value is -1.69. The average molecular weight is 385 g/mol. The minimum absolute atomic E-state index is 0.196. The number of hydrogen-bond acceptors (Lipinski definition) is 4. The van der Waals surface area contributed by atoms with Crippen LogP contribution in [0.15, 0.2) is 59.5 Å². The molecule has 0 spiro atoms. The molecule has 2 aromatic rings. The van der Waals surface area contributed by atoms with Crippen LogP contribution in [0, 0.1) is 18.8 Å². The van der Waals surface area contributed by atoms with Gasteiger partial charge in [0, 0.05) is 32.2 Å². The van der Waals surface area contributed by atoms with Crippen molar-refractivity contribution in [3.05, 3.63) is 65.7 Å². The summed E-state index contributed by atoms with van der Waals surface area (Å²) in [5.41, 5.74) is 2.77. The molecule has 0 N–H and O–H groups in total. The average Bonchev–Trinajstić information content (AvgIpc) is 3.18. The molecule has 0 radical (unpaired) electrons. The molecule has 27 heavy (non-hydrogen) atoms. The summed E-state index contributed by atoms with van der Waals surface area (Å²) in [5.74, 6) is 1.40. The van der Waals surface area contributed by atoms with Gasteiger partial charge in [0.2, 0.25) is 0 Å². The van der Waals surface area contributed by atoms with E-state index in [0.29, 0.717) is 29.3 Å². The molecule has 4 rings (SSSR count).